The predicted octanol–water partition coefficient (Wildman–Crippen LogP) is 3.82. The van der Waals surface area contributed by atoms with Crippen LogP contribution in [0.5, 0.6) is 0 Å². The van der Waals surface area contributed by atoms with Gasteiger partial charge < -0.3 is 5.32 Å². The van der Waals surface area contributed by atoms with E-state index in [0.717, 1.165) is 23.1 Å². The second kappa shape index (κ2) is 5.50. The number of hydrogen-bond donors (Lipinski definition) is 1. The summed E-state index contributed by atoms with van der Waals surface area (Å²) in [5.74, 6) is 0.466. The van der Waals surface area contributed by atoms with Crippen LogP contribution in [0, 0.1) is 0 Å². The van der Waals surface area contributed by atoms with Crippen molar-refractivity contribution in [2.45, 2.75) is 25.7 Å². The molecule has 3 aromatic rings. The number of nitrogens with zero attached hydrogens (tertiary/aromatic N) is 2. The van der Waals surface area contributed by atoms with Gasteiger partial charge in [-0.15, -0.1) is 11.3 Å². The van der Waals surface area contributed by atoms with E-state index in [1.807, 2.05) is 23.6 Å². The molecular weight excluding hydrogens is 294 g/mol. The average molecular weight is 309 g/mol. The molecule has 2 heterocycles. The lowest BCUT2D eigenvalue weighted by Gasteiger charge is -2.16. The Morgan fingerprint density at radius 3 is 2.86 bits per heavy atom. The molecule has 0 aliphatic heterocycles. The van der Waals surface area contributed by atoms with Crippen LogP contribution in [0.2, 0.25) is 0 Å². The Bertz CT molecular complexity index is 856. The summed E-state index contributed by atoms with van der Waals surface area (Å²) < 4.78 is 0. The molecular formula is C17H15N3OS. The molecule has 1 N–H and O–H groups in total. The van der Waals surface area contributed by atoms with E-state index in [1.54, 1.807) is 11.3 Å². The first-order chi connectivity index (χ1) is 10.8. The third-order valence-corrected chi connectivity index (χ3v) is 4.93. The number of anilines is 1. The van der Waals surface area contributed by atoms with E-state index in [1.165, 1.54) is 30.3 Å². The molecule has 4 rings (SSSR count). The van der Waals surface area contributed by atoms with Crippen LogP contribution >= 0.6 is 11.3 Å². The van der Waals surface area contributed by atoms with E-state index in [-0.39, 0.29) is 5.91 Å². The minimum absolute atomic E-state index is 0.112. The lowest BCUT2D eigenvalue weighted by molar-refractivity contribution is 0.102. The van der Waals surface area contributed by atoms with Crippen molar-refractivity contribution < 1.29 is 4.79 Å². The topological polar surface area (TPSA) is 54.9 Å². The van der Waals surface area contributed by atoms with Crippen LogP contribution in [-0.2, 0) is 12.8 Å². The molecule has 5 heteroatoms. The lowest BCUT2D eigenvalue weighted by Crippen LogP contribution is -2.14. The zero-order valence-corrected chi connectivity index (χ0v) is 12.8. The van der Waals surface area contributed by atoms with Crippen LogP contribution in [0.1, 0.15) is 34.3 Å². The van der Waals surface area contributed by atoms with Crippen molar-refractivity contribution in [1.82, 2.24) is 9.97 Å². The van der Waals surface area contributed by atoms with Gasteiger partial charge in [0.15, 0.2) is 0 Å². The molecule has 110 valence electrons. The standard InChI is InChI=1S/C17H15N3OS/c21-16(13-6-5-11-3-1-2-4-12(11)9-13)20-15-14-7-8-22-17(14)19-10-18-15/h5-10H,1-4H2,(H,18,19,20,21). The number of carbonyl (C=O) groups excluding carboxylic acids is 1. The Balaban J connectivity index is 1.63. The van der Waals surface area contributed by atoms with Gasteiger partial charge in [-0.25, -0.2) is 9.97 Å². The molecule has 0 radical (unpaired) electrons. The number of aromatic nitrogens is 2. The van der Waals surface area contributed by atoms with Crippen LogP contribution in [0.3, 0.4) is 0 Å². The molecule has 1 amide bonds. The quantitative estimate of drug-likeness (QED) is 0.783. The maximum atomic E-state index is 12.5. The molecule has 1 aliphatic rings. The third kappa shape index (κ3) is 2.37. The summed E-state index contributed by atoms with van der Waals surface area (Å²) in [7, 11) is 0. The first-order valence-corrected chi connectivity index (χ1v) is 8.30. The fraction of sp³-hybridized carbons (Fsp3) is 0.235. The first kappa shape index (κ1) is 13.4. The summed E-state index contributed by atoms with van der Waals surface area (Å²) in [6.45, 7) is 0. The largest absolute Gasteiger partial charge is 0.306 e. The number of carbonyl (C=O) groups is 1. The van der Waals surface area contributed by atoms with Gasteiger partial charge in [-0.1, -0.05) is 6.07 Å². The monoisotopic (exact) mass is 309 g/mol. The van der Waals surface area contributed by atoms with Gasteiger partial charge in [-0.2, -0.15) is 0 Å². The third-order valence-electron chi connectivity index (χ3n) is 4.10. The fourth-order valence-electron chi connectivity index (χ4n) is 2.94. The number of hydrogen-bond acceptors (Lipinski definition) is 4. The maximum absolute atomic E-state index is 12.5. The lowest BCUT2D eigenvalue weighted by atomic mass is 9.90. The van der Waals surface area contributed by atoms with E-state index in [4.69, 9.17) is 0 Å². The highest BCUT2D eigenvalue weighted by Gasteiger charge is 2.14. The summed E-state index contributed by atoms with van der Waals surface area (Å²) in [5.41, 5.74) is 3.38. The molecule has 0 saturated heterocycles. The number of aryl methyl sites for hydroxylation is 2. The van der Waals surface area contributed by atoms with Gasteiger partial charge in [0.25, 0.3) is 5.91 Å². The number of rotatable bonds is 2. The molecule has 0 saturated carbocycles. The second-order valence-electron chi connectivity index (χ2n) is 5.51. The molecule has 0 spiro atoms. The van der Waals surface area contributed by atoms with Gasteiger partial charge in [0.05, 0.1) is 5.39 Å². The van der Waals surface area contributed by atoms with Gasteiger partial charge in [0.1, 0.15) is 17.0 Å². The smallest absolute Gasteiger partial charge is 0.256 e. The van der Waals surface area contributed by atoms with Crippen LogP contribution < -0.4 is 5.32 Å². The highest BCUT2D eigenvalue weighted by molar-refractivity contribution is 7.16. The van der Waals surface area contributed by atoms with Crippen LogP contribution in [-0.4, -0.2) is 15.9 Å². The minimum atomic E-state index is -0.112. The summed E-state index contributed by atoms with van der Waals surface area (Å²) >= 11 is 1.54. The van der Waals surface area contributed by atoms with E-state index in [9.17, 15) is 4.79 Å². The first-order valence-electron chi connectivity index (χ1n) is 7.42. The highest BCUT2D eigenvalue weighted by atomic mass is 32.1. The summed E-state index contributed by atoms with van der Waals surface area (Å²) in [6, 6.07) is 7.95. The van der Waals surface area contributed by atoms with E-state index in [2.05, 4.69) is 21.4 Å². The number of amides is 1. The molecule has 22 heavy (non-hydrogen) atoms. The van der Waals surface area contributed by atoms with Crippen LogP contribution in [0.25, 0.3) is 10.2 Å². The zero-order chi connectivity index (χ0) is 14.9. The van der Waals surface area contributed by atoms with Crippen LogP contribution in [0.4, 0.5) is 5.82 Å². The van der Waals surface area contributed by atoms with Crippen molar-refractivity contribution in [3.63, 3.8) is 0 Å². The minimum Gasteiger partial charge on any atom is -0.306 e. The maximum Gasteiger partial charge on any atom is 0.256 e. The van der Waals surface area contributed by atoms with Crippen molar-refractivity contribution >= 4 is 33.3 Å². The van der Waals surface area contributed by atoms with Gasteiger partial charge in [0.2, 0.25) is 0 Å². The van der Waals surface area contributed by atoms with Crippen molar-refractivity contribution in [1.29, 1.82) is 0 Å². The van der Waals surface area contributed by atoms with Crippen molar-refractivity contribution in [3.05, 3.63) is 52.7 Å². The number of nitrogens with one attached hydrogen (secondary N) is 1. The van der Waals surface area contributed by atoms with Crippen LogP contribution in [0.15, 0.2) is 36.0 Å². The molecule has 0 unspecified atom stereocenters. The molecule has 4 nitrogen and oxygen atoms in total. The average Bonchev–Trinajstić information content (AvgIpc) is 3.04. The Hall–Kier alpha value is -2.27. The van der Waals surface area contributed by atoms with E-state index in [0.29, 0.717) is 11.4 Å². The number of benzene rings is 1. The van der Waals surface area contributed by atoms with E-state index >= 15 is 0 Å². The zero-order valence-electron chi connectivity index (χ0n) is 12.0. The van der Waals surface area contributed by atoms with Gasteiger partial charge in [-0.05, 0) is 60.4 Å². The Labute approximate surface area is 132 Å². The molecule has 0 atom stereocenters. The number of thiophene rings is 1. The van der Waals surface area contributed by atoms with E-state index < -0.39 is 0 Å². The van der Waals surface area contributed by atoms with Crippen molar-refractivity contribution in [2.75, 3.05) is 5.32 Å². The summed E-state index contributed by atoms with van der Waals surface area (Å²) in [5, 5.41) is 5.75. The van der Waals surface area contributed by atoms with Gasteiger partial charge >= 0.3 is 0 Å². The Morgan fingerprint density at radius 2 is 1.95 bits per heavy atom. The summed E-state index contributed by atoms with van der Waals surface area (Å²) in [6.07, 6.45) is 6.13. The molecule has 2 aromatic heterocycles. The van der Waals surface area contributed by atoms with Crippen molar-refractivity contribution in [2.24, 2.45) is 0 Å². The summed E-state index contributed by atoms with van der Waals surface area (Å²) in [4.78, 5) is 21.8. The molecule has 1 aromatic carbocycles. The van der Waals surface area contributed by atoms with Gasteiger partial charge in [-0.3, -0.25) is 4.79 Å². The highest BCUT2D eigenvalue weighted by Crippen LogP contribution is 2.25. The second-order valence-corrected chi connectivity index (χ2v) is 6.40. The fourth-order valence-corrected chi connectivity index (χ4v) is 3.68. The number of fused-ring (bicyclic) bond motifs is 2. The van der Waals surface area contributed by atoms with Gasteiger partial charge in [0, 0.05) is 5.56 Å². The molecule has 0 fully saturated rings. The Morgan fingerprint density at radius 1 is 1.09 bits per heavy atom. The Kier molecular flexibility index (Phi) is 3.35. The predicted molar refractivity (Wildman–Crippen MR) is 88.5 cm³/mol. The SMILES string of the molecule is O=C(Nc1ncnc2sccc12)c1ccc2c(c1)CCCC2. The van der Waals surface area contributed by atoms with Crippen molar-refractivity contribution in [3.8, 4) is 0 Å². The molecule has 0 bridgehead atoms. The normalized spacial score (nSPS) is 13.8. The molecule has 1 aliphatic carbocycles.